The van der Waals surface area contributed by atoms with E-state index < -0.39 is 39.7 Å². The summed E-state index contributed by atoms with van der Waals surface area (Å²) in [5, 5.41) is 49.6. The van der Waals surface area contributed by atoms with Crippen LogP contribution in [0.2, 0.25) is 0 Å². The highest BCUT2D eigenvalue weighted by molar-refractivity contribution is 6.00. The number of hydrogen-bond donors (Lipinski definition) is 5. The van der Waals surface area contributed by atoms with Gasteiger partial charge in [0.15, 0.2) is 0 Å². The van der Waals surface area contributed by atoms with Crippen LogP contribution in [0.25, 0.3) is 0 Å². The van der Waals surface area contributed by atoms with Gasteiger partial charge in [0.2, 0.25) is 0 Å². The topological polar surface area (TPSA) is 239 Å². The average Bonchev–Trinajstić information content (AvgIpc) is 2.99. The second-order valence-corrected chi connectivity index (χ2v) is 6.31. The minimum atomic E-state index is -1.33. The number of hydrogen-bond acceptors (Lipinski definition) is 10. The van der Waals surface area contributed by atoms with Crippen LogP contribution in [0, 0.1) is 20.2 Å². The molecule has 1 heterocycles. The van der Waals surface area contributed by atoms with Gasteiger partial charge in [-0.3, -0.25) is 35.0 Å². The molecule has 1 unspecified atom stereocenters. The number of nitrogens with one attached hydrogen (secondary N) is 1. The van der Waals surface area contributed by atoms with Crippen molar-refractivity contribution < 1.29 is 39.7 Å². The molecule has 6 N–H and O–H groups in total. The van der Waals surface area contributed by atoms with Gasteiger partial charge in [-0.2, -0.15) is 5.06 Å². The lowest BCUT2D eigenvalue weighted by molar-refractivity contribution is -0.393. The normalized spacial score (nSPS) is 13.3. The van der Waals surface area contributed by atoms with Gasteiger partial charge in [0, 0.05) is 18.9 Å². The molecule has 32 heavy (non-hydrogen) atoms. The fraction of sp³-hybridized carbons (Fsp3) is 0.471. The lowest BCUT2D eigenvalue weighted by Gasteiger charge is -2.13. The number of nitrogens with zero attached hydrogens (tertiary/aromatic N) is 3. The highest BCUT2D eigenvalue weighted by Gasteiger charge is 2.26. The van der Waals surface area contributed by atoms with E-state index in [9.17, 15) is 34.9 Å². The van der Waals surface area contributed by atoms with Crippen LogP contribution >= 0.6 is 0 Å². The Morgan fingerprint density at radius 1 is 1.19 bits per heavy atom. The molecule has 1 aliphatic heterocycles. The smallest absolute Gasteiger partial charge is 0.402 e. The molecular weight excluding hydrogens is 434 g/mol. The summed E-state index contributed by atoms with van der Waals surface area (Å²) in [5.41, 5.74) is 3.32. The van der Waals surface area contributed by atoms with Crippen molar-refractivity contribution >= 4 is 35.0 Å². The zero-order chi connectivity index (χ0) is 24.8. The number of benzene rings is 1. The molecule has 15 nitrogen and oxygen atoms in total. The third kappa shape index (κ3) is 10.8. The lowest BCUT2D eigenvalue weighted by Crippen LogP contribution is -2.24. The molecule has 0 aliphatic carbocycles. The number of rotatable bonds is 8. The minimum Gasteiger partial charge on any atom is -0.465 e. The third-order valence-electron chi connectivity index (χ3n) is 3.82. The summed E-state index contributed by atoms with van der Waals surface area (Å²) in [6.07, 6.45) is 1.27. The van der Waals surface area contributed by atoms with E-state index in [1.54, 1.807) is 0 Å². The number of primary amides is 1. The Hall–Kier alpha value is -3.85. The van der Waals surface area contributed by atoms with E-state index in [2.05, 4.69) is 11.1 Å². The molecule has 1 aromatic carbocycles. The molecule has 0 bridgehead atoms. The molecular formula is C17H25N5O10. The van der Waals surface area contributed by atoms with Gasteiger partial charge in [-0.1, -0.05) is 19.8 Å². The van der Waals surface area contributed by atoms with Crippen molar-refractivity contribution in [1.82, 2.24) is 5.06 Å². The number of carbonyl (C=O) groups is 3. The number of amides is 3. The number of aliphatic hydroxyl groups excluding tert-OH is 1. The fourth-order valence-electron chi connectivity index (χ4n) is 2.31. The van der Waals surface area contributed by atoms with Crippen molar-refractivity contribution in [3.8, 4) is 0 Å². The quantitative estimate of drug-likeness (QED) is 0.0939. The Morgan fingerprint density at radius 3 is 2.09 bits per heavy atom. The van der Waals surface area contributed by atoms with Crippen molar-refractivity contribution in [3.63, 3.8) is 0 Å². The zero-order valence-corrected chi connectivity index (χ0v) is 17.2. The molecule has 1 atom stereocenters. The molecule has 3 amide bonds. The average molecular weight is 459 g/mol. The molecule has 1 saturated heterocycles. The van der Waals surface area contributed by atoms with E-state index in [1.165, 1.54) is 6.07 Å². The summed E-state index contributed by atoms with van der Waals surface area (Å²) in [7, 11) is 0. The summed E-state index contributed by atoms with van der Waals surface area (Å²) in [6.45, 7) is 2.03. The van der Waals surface area contributed by atoms with Crippen LogP contribution in [0.5, 0.6) is 0 Å². The Kier molecular flexibility index (Phi) is 12.5. The molecule has 15 heteroatoms. The first-order valence-corrected chi connectivity index (χ1v) is 9.31. The van der Waals surface area contributed by atoms with Crippen molar-refractivity contribution in [1.29, 1.82) is 0 Å². The molecule has 1 aromatic rings. The maximum atomic E-state index is 10.9. The van der Waals surface area contributed by atoms with Crippen molar-refractivity contribution in [2.45, 2.75) is 51.7 Å². The highest BCUT2D eigenvalue weighted by Crippen LogP contribution is 2.29. The number of imide groups is 1. The van der Waals surface area contributed by atoms with Crippen LogP contribution in [0.1, 0.15) is 45.4 Å². The number of nitrogens with two attached hydrogens (primary N) is 1. The monoisotopic (exact) mass is 459 g/mol. The van der Waals surface area contributed by atoms with Crippen LogP contribution in [0.3, 0.4) is 0 Å². The Bertz CT molecular complexity index is 812. The molecule has 1 aliphatic rings. The van der Waals surface area contributed by atoms with Gasteiger partial charge in [-0.05, 0) is 18.9 Å². The Balaban J connectivity index is 0.000000653. The van der Waals surface area contributed by atoms with Gasteiger partial charge in [-0.15, -0.1) is 0 Å². The number of anilines is 1. The molecule has 0 spiro atoms. The maximum absolute atomic E-state index is 10.9. The largest absolute Gasteiger partial charge is 0.465 e. The Morgan fingerprint density at radius 2 is 1.72 bits per heavy atom. The van der Waals surface area contributed by atoms with E-state index in [-0.39, 0.29) is 29.3 Å². The Labute approximate surface area is 181 Å². The molecule has 178 valence electrons. The van der Waals surface area contributed by atoms with Crippen LogP contribution < -0.4 is 11.1 Å². The zero-order valence-electron chi connectivity index (χ0n) is 17.2. The van der Waals surface area contributed by atoms with Crippen molar-refractivity contribution in [2.75, 3.05) is 5.32 Å². The van der Waals surface area contributed by atoms with Crippen molar-refractivity contribution in [2.24, 2.45) is 5.73 Å². The first kappa shape index (κ1) is 28.1. The van der Waals surface area contributed by atoms with E-state index in [0.29, 0.717) is 6.42 Å². The predicted octanol–water partition coefficient (Wildman–Crippen LogP) is 1.96. The molecule has 0 radical (unpaired) electrons. The molecule has 2 rings (SSSR count). The number of unbranched alkanes of at least 4 members (excludes halogenated alkanes) is 2. The van der Waals surface area contributed by atoms with E-state index in [0.717, 1.165) is 31.4 Å². The number of nitro groups is 2. The number of carboxylic acid groups (broad SMARTS) is 1. The van der Waals surface area contributed by atoms with Gasteiger partial charge in [0.25, 0.3) is 23.2 Å². The van der Waals surface area contributed by atoms with E-state index >= 15 is 0 Å². The van der Waals surface area contributed by atoms with E-state index in [1.807, 2.05) is 6.92 Å². The molecule has 0 aromatic heterocycles. The lowest BCUT2D eigenvalue weighted by atomic mass is 10.2. The number of hydroxylamine groups is 2. The third-order valence-corrected chi connectivity index (χ3v) is 3.82. The SMILES string of the molecule is CCCCCC(O)Nc1ccc([N+](=O)[O-])cc1[N+](=O)[O-].NC(=O)O.O=C1CCC(=O)N1O. The highest BCUT2D eigenvalue weighted by atomic mass is 16.6. The molecule has 1 fully saturated rings. The van der Waals surface area contributed by atoms with Gasteiger partial charge in [0.05, 0.1) is 15.9 Å². The van der Waals surface area contributed by atoms with Crippen LogP contribution in [-0.4, -0.2) is 54.5 Å². The van der Waals surface area contributed by atoms with Gasteiger partial charge >= 0.3 is 6.09 Å². The van der Waals surface area contributed by atoms with E-state index in [4.69, 9.17) is 15.1 Å². The standard InChI is InChI=1S/C12H17N3O5.C4H5NO3.CH3NO2/c1-2-3-4-5-12(16)13-10-7-6-9(14(17)18)8-11(10)15(19)20;6-3-1-2-4(7)5(3)8;2-1(3)4/h6-8,12-13,16H,2-5H2,1H3;8H,1-2H2;2H2,(H,3,4). The van der Waals surface area contributed by atoms with Crippen molar-refractivity contribution in [3.05, 3.63) is 38.4 Å². The second-order valence-electron chi connectivity index (χ2n) is 6.31. The van der Waals surface area contributed by atoms with Gasteiger partial charge < -0.3 is 21.3 Å². The second kappa shape index (κ2) is 14.2. The fourth-order valence-corrected chi connectivity index (χ4v) is 2.31. The van der Waals surface area contributed by atoms with Crippen LogP contribution in [-0.2, 0) is 9.59 Å². The maximum Gasteiger partial charge on any atom is 0.402 e. The minimum absolute atomic E-state index is 0.0737. The summed E-state index contributed by atoms with van der Waals surface area (Å²) < 4.78 is 0. The van der Waals surface area contributed by atoms with Crippen LogP contribution in [0.4, 0.5) is 21.9 Å². The summed E-state index contributed by atoms with van der Waals surface area (Å²) >= 11 is 0. The molecule has 0 saturated carbocycles. The number of carbonyl (C=O) groups excluding carboxylic acids is 2. The predicted molar refractivity (Wildman–Crippen MR) is 109 cm³/mol. The van der Waals surface area contributed by atoms with Gasteiger partial charge in [0.1, 0.15) is 11.9 Å². The first-order valence-electron chi connectivity index (χ1n) is 9.31. The number of nitro benzene ring substituents is 2. The number of aliphatic hydroxyl groups is 1. The van der Waals surface area contributed by atoms with Crippen LogP contribution in [0.15, 0.2) is 18.2 Å². The summed E-state index contributed by atoms with van der Waals surface area (Å²) in [4.78, 5) is 49.3. The van der Waals surface area contributed by atoms with Gasteiger partial charge in [-0.25, -0.2) is 4.79 Å². The summed E-state index contributed by atoms with van der Waals surface area (Å²) in [6, 6.07) is 3.27. The number of non-ortho nitro benzene ring substituents is 1. The summed E-state index contributed by atoms with van der Waals surface area (Å²) in [5.74, 6) is -1.01. The first-order chi connectivity index (χ1) is 14.9.